The van der Waals surface area contributed by atoms with Gasteiger partial charge in [-0.3, -0.25) is 4.79 Å². The molecule has 1 aliphatic heterocycles. The highest BCUT2D eigenvalue weighted by Crippen LogP contribution is 2.58. The van der Waals surface area contributed by atoms with Crippen molar-refractivity contribution in [1.82, 2.24) is 0 Å². The number of nitrogens with zero attached hydrogens (tertiary/aromatic N) is 1. The van der Waals surface area contributed by atoms with Crippen LogP contribution in [0.15, 0.2) is 31.7 Å². The van der Waals surface area contributed by atoms with Gasteiger partial charge in [0.25, 0.3) is 0 Å². The van der Waals surface area contributed by atoms with Crippen LogP contribution < -0.4 is 4.74 Å². The lowest BCUT2D eigenvalue weighted by Gasteiger charge is -2.36. The number of rotatable bonds is 7. The van der Waals surface area contributed by atoms with E-state index in [9.17, 15) is 25.1 Å². The zero-order chi connectivity index (χ0) is 26.5. The molecule has 0 aromatic heterocycles. The standard InChI is InChI=1S/C28H35NO6S2/c1-16-3-5-18(6-4-16)19-7-9-20(10-8-19)26(32)35-23-12-11-22(31)24-25(23)37-28(36-24)21(15-29)27(33)34-14-13-17(2)30/h11-12,16-20,30-31H,3-10,13-14H2,1-2H3/b28-21-. The Labute approximate surface area is 227 Å². The Hall–Kier alpha value is -2.15. The summed E-state index contributed by atoms with van der Waals surface area (Å²) in [6.07, 6.45) is 8.69. The summed E-state index contributed by atoms with van der Waals surface area (Å²) >= 11 is 2.20. The third-order valence-corrected chi connectivity index (χ3v) is 10.4. The Kier molecular flexibility index (Phi) is 9.49. The summed E-state index contributed by atoms with van der Waals surface area (Å²) in [5.74, 6) is 1.47. The number of benzene rings is 1. The molecule has 0 radical (unpaired) electrons. The van der Waals surface area contributed by atoms with Crippen molar-refractivity contribution in [3.05, 3.63) is 21.9 Å². The molecular weight excluding hydrogens is 510 g/mol. The van der Waals surface area contributed by atoms with Crippen LogP contribution in [0.3, 0.4) is 0 Å². The second kappa shape index (κ2) is 12.6. The largest absolute Gasteiger partial charge is 0.507 e. The van der Waals surface area contributed by atoms with Gasteiger partial charge in [-0.2, -0.15) is 5.26 Å². The maximum atomic E-state index is 13.1. The van der Waals surface area contributed by atoms with Crippen molar-refractivity contribution in [3.63, 3.8) is 0 Å². The number of aromatic hydroxyl groups is 1. The van der Waals surface area contributed by atoms with E-state index in [1.165, 1.54) is 31.7 Å². The first kappa shape index (κ1) is 27.9. The van der Waals surface area contributed by atoms with Crippen molar-refractivity contribution in [2.45, 2.75) is 87.5 Å². The number of hydrogen-bond donors (Lipinski definition) is 2. The molecule has 1 aromatic carbocycles. The average molecular weight is 546 g/mol. The number of esters is 2. The molecule has 2 aliphatic carbocycles. The molecule has 1 unspecified atom stereocenters. The lowest BCUT2D eigenvalue weighted by atomic mass is 9.69. The third-order valence-electron chi connectivity index (χ3n) is 7.78. The highest BCUT2D eigenvalue weighted by atomic mass is 32.2. The number of hydrogen-bond acceptors (Lipinski definition) is 9. The lowest BCUT2D eigenvalue weighted by Crippen LogP contribution is -2.30. The van der Waals surface area contributed by atoms with Gasteiger partial charge in [0.1, 0.15) is 17.6 Å². The van der Waals surface area contributed by atoms with E-state index in [-0.39, 0.29) is 36.2 Å². The first-order chi connectivity index (χ1) is 17.8. The molecule has 0 spiro atoms. The Morgan fingerprint density at radius 3 is 2.30 bits per heavy atom. The topological polar surface area (TPSA) is 117 Å². The summed E-state index contributed by atoms with van der Waals surface area (Å²) in [6, 6.07) is 4.92. The van der Waals surface area contributed by atoms with Crippen LogP contribution in [0.4, 0.5) is 0 Å². The van der Waals surface area contributed by atoms with Gasteiger partial charge in [-0.15, -0.1) is 0 Å². The molecule has 0 amide bonds. The molecule has 3 aliphatic rings. The van der Waals surface area contributed by atoms with Gasteiger partial charge in [0, 0.05) is 6.42 Å². The number of ether oxygens (including phenoxy) is 2. The summed E-state index contributed by atoms with van der Waals surface area (Å²) in [4.78, 5) is 26.5. The molecule has 1 aromatic rings. The van der Waals surface area contributed by atoms with E-state index in [0.29, 0.717) is 25.7 Å². The van der Waals surface area contributed by atoms with Crippen LogP contribution >= 0.6 is 23.5 Å². The number of aliphatic hydroxyl groups is 1. The quantitative estimate of drug-likeness (QED) is 0.179. The van der Waals surface area contributed by atoms with E-state index < -0.39 is 12.1 Å². The maximum absolute atomic E-state index is 13.1. The van der Waals surface area contributed by atoms with E-state index in [0.717, 1.165) is 61.0 Å². The number of phenols is 1. The predicted molar refractivity (Wildman–Crippen MR) is 142 cm³/mol. The van der Waals surface area contributed by atoms with E-state index in [2.05, 4.69) is 6.92 Å². The number of thioether (sulfide) groups is 2. The Bertz CT molecular complexity index is 1080. The van der Waals surface area contributed by atoms with Crippen LogP contribution in [0.25, 0.3) is 0 Å². The minimum absolute atomic E-state index is 0.00648. The van der Waals surface area contributed by atoms with E-state index in [1.807, 2.05) is 6.07 Å². The number of fused-ring (bicyclic) bond motifs is 1. The van der Waals surface area contributed by atoms with Gasteiger partial charge in [-0.25, -0.2) is 4.79 Å². The summed E-state index contributed by atoms with van der Waals surface area (Å²) < 4.78 is 11.3. The molecule has 37 heavy (non-hydrogen) atoms. The number of nitriles is 1. The zero-order valence-electron chi connectivity index (χ0n) is 21.4. The second-order valence-electron chi connectivity index (χ2n) is 10.5. The molecule has 9 heteroatoms. The molecule has 4 rings (SSSR count). The van der Waals surface area contributed by atoms with Gasteiger partial charge in [-0.1, -0.05) is 43.3 Å². The monoisotopic (exact) mass is 545 g/mol. The molecule has 1 atom stereocenters. The minimum atomic E-state index is -0.784. The average Bonchev–Trinajstić information content (AvgIpc) is 3.33. The van der Waals surface area contributed by atoms with Crippen LogP contribution in [-0.2, 0) is 14.3 Å². The Morgan fingerprint density at radius 1 is 1.05 bits per heavy atom. The van der Waals surface area contributed by atoms with E-state index in [1.54, 1.807) is 13.0 Å². The van der Waals surface area contributed by atoms with Crippen molar-refractivity contribution in [1.29, 1.82) is 5.26 Å². The number of carbonyl (C=O) groups is 2. The molecule has 2 N–H and O–H groups in total. The molecule has 1 heterocycles. The highest BCUT2D eigenvalue weighted by Gasteiger charge is 2.35. The highest BCUT2D eigenvalue weighted by molar-refractivity contribution is 8.24. The van der Waals surface area contributed by atoms with E-state index in [4.69, 9.17) is 9.47 Å². The summed E-state index contributed by atoms with van der Waals surface area (Å²) in [5.41, 5.74) is -0.177. The Balaban J connectivity index is 1.39. The number of phenolic OH excluding ortho intramolecular Hbond substituents is 1. The van der Waals surface area contributed by atoms with Crippen molar-refractivity contribution < 1.29 is 29.3 Å². The zero-order valence-corrected chi connectivity index (χ0v) is 23.0. The van der Waals surface area contributed by atoms with Crippen molar-refractivity contribution in [2.75, 3.05) is 6.61 Å². The Morgan fingerprint density at radius 2 is 1.68 bits per heavy atom. The molecular formula is C28H35NO6S2. The predicted octanol–water partition coefficient (Wildman–Crippen LogP) is 6.18. The minimum Gasteiger partial charge on any atom is -0.507 e. The molecule has 200 valence electrons. The number of aliphatic hydroxyl groups excluding tert-OH is 1. The fourth-order valence-electron chi connectivity index (χ4n) is 5.46. The van der Waals surface area contributed by atoms with E-state index >= 15 is 0 Å². The van der Waals surface area contributed by atoms with Crippen LogP contribution in [-0.4, -0.2) is 34.9 Å². The van der Waals surface area contributed by atoms with Crippen LogP contribution in [0.2, 0.25) is 0 Å². The smallest absolute Gasteiger partial charge is 0.350 e. The normalized spacial score (nSPS) is 27.5. The van der Waals surface area contributed by atoms with Crippen molar-refractivity contribution >= 4 is 35.5 Å². The van der Waals surface area contributed by atoms with Gasteiger partial charge in [0.05, 0.1) is 32.7 Å². The fourth-order valence-corrected chi connectivity index (χ4v) is 7.99. The van der Waals surface area contributed by atoms with Gasteiger partial charge >= 0.3 is 11.9 Å². The summed E-state index contributed by atoms with van der Waals surface area (Å²) in [6.45, 7) is 3.92. The van der Waals surface area contributed by atoms with Gasteiger partial charge in [0.2, 0.25) is 0 Å². The summed E-state index contributed by atoms with van der Waals surface area (Å²) in [7, 11) is 0. The van der Waals surface area contributed by atoms with Crippen molar-refractivity contribution in [3.8, 4) is 17.6 Å². The van der Waals surface area contributed by atoms with Gasteiger partial charge in [-0.05, 0) is 75.3 Å². The summed E-state index contributed by atoms with van der Waals surface area (Å²) in [5, 5.41) is 29.3. The first-order valence-corrected chi connectivity index (χ1v) is 14.8. The van der Waals surface area contributed by atoms with Gasteiger partial charge < -0.3 is 19.7 Å². The molecule has 7 nitrogen and oxygen atoms in total. The SMILES string of the molecule is CC(O)CCOC(=O)/C(C#N)=C1/Sc2c(O)ccc(OC(=O)C3CCC(C4CCC(C)CC4)CC3)c2S1. The lowest BCUT2D eigenvalue weighted by molar-refractivity contribution is -0.141. The molecule has 2 saturated carbocycles. The molecule has 2 fully saturated rings. The molecule has 0 bridgehead atoms. The van der Waals surface area contributed by atoms with Crippen LogP contribution in [0.5, 0.6) is 11.5 Å². The van der Waals surface area contributed by atoms with Gasteiger partial charge in [0.15, 0.2) is 5.57 Å². The van der Waals surface area contributed by atoms with Crippen LogP contribution in [0, 0.1) is 35.0 Å². The second-order valence-corrected chi connectivity index (χ2v) is 12.8. The first-order valence-electron chi connectivity index (χ1n) is 13.2. The van der Waals surface area contributed by atoms with Crippen LogP contribution in [0.1, 0.15) is 71.6 Å². The fraction of sp³-hybridized carbons (Fsp3) is 0.607. The van der Waals surface area contributed by atoms with Crippen molar-refractivity contribution in [2.24, 2.45) is 23.7 Å². The maximum Gasteiger partial charge on any atom is 0.350 e. The number of carbonyl (C=O) groups excluding carboxylic acids is 2. The molecule has 0 saturated heterocycles. The third kappa shape index (κ3) is 6.84.